The molecule has 7 heteroatoms. The van der Waals surface area contributed by atoms with Gasteiger partial charge >= 0.3 is 0 Å². The Morgan fingerprint density at radius 3 is 2.48 bits per heavy atom. The fourth-order valence-corrected chi connectivity index (χ4v) is 2.13. The van der Waals surface area contributed by atoms with Crippen LogP contribution in [-0.2, 0) is 16.0 Å². The second-order valence-corrected chi connectivity index (χ2v) is 5.36. The summed E-state index contributed by atoms with van der Waals surface area (Å²) in [5.41, 5.74) is 6.32. The molecule has 0 saturated carbocycles. The van der Waals surface area contributed by atoms with Crippen LogP contribution >= 0.6 is 0 Å². The van der Waals surface area contributed by atoms with E-state index >= 15 is 0 Å². The lowest BCUT2D eigenvalue weighted by Crippen LogP contribution is -2.42. The van der Waals surface area contributed by atoms with Crippen LogP contribution in [0.25, 0.3) is 0 Å². The highest BCUT2D eigenvalue weighted by Gasteiger charge is 2.21. The fraction of sp³-hybridized carbons (Fsp3) is 0.278. The summed E-state index contributed by atoms with van der Waals surface area (Å²) in [6.45, 7) is 3.41. The lowest BCUT2D eigenvalue weighted by atomic mass is 10.0. The maximum absolute atomic E-state index is 13.2. The first kappa shape index (κ1) is 20.7. The molecule has 4 nitrogen and oxygen atoms in total. The number of likely N-dealkylation sites (N-methyl/N-ethyl adjacent to an activating group) is 1. The van der Waals surface area contributed by atoms with Gasteiger partial charge in [-0.25, -0.2) is 13.2 Å². The third-order valence-corrected chi connectivity index (χ3v) is 3.27. The summed E-state index contributed by atoms with van der Waals surface area (Å²) in [6, 6.07) is 1.89. The van der Waals surface area contributed by atoms with Gasteiger partial charge in [0.25, 0.3) is 0 Å². The van der Waals surface area contributed by atoms with Crippen LogP contribution < -0.4 is 5.73 Å². The molecule has 2 N–H and O–H groups in total. The van der Waals surface area contributed by atoms with Crippen molar-refractivity contribution in [2.24, 2.45) is 5.73 Å². The molecule has 0 aromatic heterocycles. The van der Waals surface area contributed by atoms with Gasteiger partial charge in [0.2, 0.25) is 5.91 Å². The highest BCUT2D eigenvalue weighted by molar-refractivity contribution is 5.83. The van der Waals surface area contributed by atoms with Crippen molar-refractivity contribution < 1.29 is 22.7 Å². The van der Waals surface area contributed by atoms with Gasteiger partial charge < -0.3 is 15.4 Å². The SMILES string of the molecule is C=C(F)/C=C(\C=C/COC)N(C)C(=O)[C@@H](N)Cc1cc(F)cc(F)c1. The van der Waals surface area contributed by atoms with E-state index in [1.807, 2.05) is 0 Å². The van der Waals surface area contributed by atoms with Gasteiger partial charge in [0.15, 0.2) is 0 Å². The number of ether oxygens (including phenoxy) is 1. The molecule has 0 aliphatic heterocycles. The van der Waals surface area contributed by atoms with Crippen LogP contribution in [0.15, 0.2) is 54.5 Å². The minimum absolute atomic E-state index is 0.0660. The second kappa shape index (κ2) is 9.80. The van der Waals surface area contributed by atoms with Crippen LogP contribution in [0.3, 0.4) is 0 Å². The van der Waals surface area contributed by atoms with E-state index in [1.54, 1.807) is 6.08 Å². The maximum Gasteiger partial charge on any atom is 0.243 e. The molecule has 1 atom stereocenters. The van der Waals surface area contributed by atoms with E-state index < -0.39 is 29.4 Å². The second-order valence-electron chi connectivity index (χ2n) is 5.36. The molecule has 0 spiro atoms. The van der Waals surface area contributed by atoms with Gasteiger partial charge in [0.1, 0.15) is 17.5 Å². The van der Waals surface area contributed by atoms with Crippen LogP contribution in [0.2, 0.25) is 0 Å². The largest absolute Gasteiger partial charge is 0.381 e. The van der Waals surface area contributed by atoms with Gasteiger partial charge in [0, 0.05) is 25.9 Å². The Bertz CT molecular complexity index is 667. The third kappa shape index (κ3) is 6.94. The van der Waals surface area contributed by atoms with Crippen molar-refractivity contribution in [1.82, 2.24) is 4.90 Å². The number of methoxy groups -OCH3 is 1. The molecule has 0 bridgehead atoms. The molecule has 0 radical (unpaired) electrons. The molecule has 136 valence electrons. The number of halogens is 3. The molecule has 0 aliphatic rings. The predicted octanol–water partition coefficient (Wildman–Crippen LogP) is 2.86. The normalized spacial score (nSPS) is 13.1. The van der Waals surface area contributed by atoms with Crippen LogP contribution in [-0.4, -0.2) is 37.6 Å². The standard InChI is InChI=1S/C18H21F3N2O2/c1-12(19)7-16(5-4-6-25-3)23(2)18(24)17(22)10-13-8-14(20)11-15(21)9-13/h4-5,7-9,11,17H,1,6,10,22H2,2-3H3/b5-4-,16-7+/t17-/m0/s1. The molecule has 0 saturated heterocycles. The van der Waals surface area contributed by atoms with Gasteiger partial charge in [-0.3, -0.25) is 4.79 Å². The Labute approximate surface area is 145 Å². The topological polar surface area (TPSA) is 55.6 Å². The number of carbonyl (C=O) groups excluding carboxylic acids is 1. The van der Waals surface area contributed by atoms with Crippen molar-refractivity contribution in [2.45, 2.75) is 12.5 Å². The lowest BCUT2D eigenvalue weighted by Gasteiger charge is -2.22. The third-order valence-electron chi connectivity index (χ3n) is 3.27. The zero-order chi connectivity index (χ0) is 19.0. The highest BCUT2D eigenvalue weighted by Crippen LogP contribution is 2.13. The summed E-state index contributed by atoms with van der Waals surface area (Å²) in [6.07, 6.45) is 4.08. The Hall–Kier alpha value is -2.38. The summed E-state index contributed by atoms with van der Waals surface area (Å²) >= 11 is 0. The number of nitrogens with two attached hydrogens (primary N) is 1. The molecule has 0 heterocycles. The van der Waals surface area contributed by atoms with Crippen molar-refractivity contribution >= 4 is 5.91 Å². The molecule has 0 fully saturated rings. The van der Waals surface area contributed by atoms with Crippen molar-refractivity contribution in [1.29, 1.82) is 0 Å². The monoisotopic (exact) mass is 354 g/mol. The average Bonchev–Trinajstić information content (AvgIpc) is 2.51. The first-order valence-corrected chi connectivity index (χ1v) is 7.44. The molecule has 1 aromatic carbocycles. The maximum atomic E-state index is 13.2. The van der Waals surface area contributed by atoms with Crippen molar-refractivity contribution in [3.63, 3.8) is 0 Å². The number of hydrogen-bond donors (Lipinski definition) is 1. The Morgan fingerprint density at radius 1 is 1.36 bits per heavy atom. The number of benzene rings is 1. The van der Waals surface area contributed by atoms with E-state index in [9.17, 15) is 18.0 Å². The predicted molar refractivity (Wildman–Crippen MR) is 90.2 cm³/mol. The number of allylic oxidation sites excluding steroid dienone is 3. The van der Waals surface area contributed by atoms with Gasteiger partial charge in [-0.1, -0.05) is 12.7 Å². The van der Waals surface area contributed by atoms with E-state index in [2.05, 4.69) is 6.58 Å². The minimum atomic E-state index is -1.06. The van der Waals surface area contributed by atoms with Gasteiger partial charge in [-0.2, -0.15) is 0 Å². The van der Waals surface area contributed by atoms with Gasteiger partial charge in [-0.15, -0.1) is 0 Å². The van der Waals surface area contributed by atoms with Crippen LogP contribution in [0.1, 0.15) is 5.56 Å². The number of rotatable bonds is 8. The fourth-order valence-electron chi connectivity index (χ4n) is 2.13. The molecular formula is C18H21F3N2O2. The van der Waals surface area contributed by atoms with E-state index in [4.69, 9.17) is 10.5 Å². The molecule has 25 heavy (non-hydrogen) atoms. The van der Waals surface area contributed by atoms with Crippen molar-refractivity contribution in [3.05, 3.63) is 71.7 Å². The molecule has 1 rings (SSSR count). The summed E-state index contributed by atoms with van der Waals surface area (Å²) in [7, 11) is 2.91. The van der Waals surface area contributed by atoms with Crippen LogP contribution in [0, 0.1) is 11.6 Å². The van der Waals surface area contributed by atoms with E-state index in [0.29, 0.717) is 0 Å². The van der Waals surface area contributed by atoms with Crippen LogP contribution in [0.5, 0.6) is 0 Å². The van der Waals surface area contributed by atoms with E-state index in [-0.39, 0.29) is 24.3 Å². The number of hydrogen-bond acceptors (Lipinski definition) is 3. The minimum Gasteiger partial charge on any atom is -0.381 e. The first-order valence-electron chi connectivity index (χ1n) is 7.44. The molecule has 1 aromatic rings. The van der Waals surface area contributed by atoms with Crippen LogP contribution in [0.4, 0.5) is 13.2 Å². The number of carbonyl (C=O) groups is 1. The molecular weight excluding hydrogens is 333 g/mol. The molecule has 0 aliphatic carbocycles. The highest BCUT2D eigenvalue weighted by atomic mass is 19.1. The molecule has 1 amide bonds. The average molecular weight is 354 g/mol. The van der Waals surface area contributed by atoms with E-state index in [1.165, 1.54) is 20.2 Å². The summed E-state index contributed by atoms with van der Waals surface area (Å²) < 4.78 is 44.4. The summed E-state index contributed by atoms with van der Waals surface area (Å²) in [5.74, 6) is -2.78. The smallest absolute Gasteiger partial charge is 0.243 e. The van der Waals surface area contributed by atoms with Gasteiger partial charge in [-0.05, 0) is 36.3 Å². The first-order chi connectivity index (χ1) is 11.7. The number of amides is 1. The Kier molecular flexibility index (Phi) is 8.10. The summed E-state index contributed by atoms with van der Waals surface area (Å²) in [5, 5.41) is 0. The zero-order valence-corrected chi connectivity index (χ0v) is 14.1. The lowest BCUT2D eigenvalue weighted by molar-refractivity contribution is -0.129. The van der Waals surface area contributed by atoms with Crippen molar-refractivity contribution in [3.8, 4) is 0 Å². The molecule has 0 unspecified atom stereocenters. The number of nitrogens with zero attached hydrogens (tertiary/aromatic N) is 1. The summed E-state index contributed by atoms with van der Waals surface area (Å²) in [4.78, 5) is 13.6. The van der Waals surface area contributed by atoms with Gasteiger partial charge in [0.05, 0.1) is 12.6 Å². The zero-order valence-electron chi connectivity index (χ0n) is 14.1. The van der Waals surface area contributed by atoms with E-state index in [0.717, 1.165) is 29.2 Å². The Balaban J connectivity index is 2.91. The quantitative estimate of drug-likeness (QED) is 0.731. The van der Waals surface area contributed by atoms with Crippen molar-refractivity contribution in [2.75, 3.05) is 20.8 Å². The Morgan fingerprint density at radius 2 is 1.96 bits per heavy atom.